The van der Waals surface area contributed by atoms with Gasteiger partial charge >= 0.3 is 0 Å². The van der Waals surface area contributed by atoms with Crippen LogP contribution in [0.4, 0.5) is 0 Å². The van der Waals surface area contributed by atoms with Gasteiger partial charge in [0.05, 0.1) is 5.52 Å². The molecule has 24 heavy (non-hydrogen) atoms. The van der Waals surface area contributed by atoms with Crippen LogP contribution in [-0.2, 0) is 0 Å². The lowest BCUT2D eigenvalue weighted by molar-refractivity contribution is 1.57. The van der Waals surface area contributed by atoms with E-state index in [1.54, 1.807) is 0 Å². The highest BCUT2D eigenvalue weighted by Crippen LogP contribution is 2.45. The first-order chi connectivity index (χ1) is 11.9. The summed E-state index contributed by atoms with van der Waals surface area (Å²) in [6, 6.07) is 26.2. The molecule has 6 rings (SSSR count). The van der Waals surface area contributed by atoms with Crippen molar-refractivity contribution in [1.29, 1.82) is 0 Å². The van der Waals surface area contributed by atoms with Crippen molar-refractivity contribution < 1.29 is 0 Å². The molecule has 0 aliphatic carbocycles. The Morgan fingerprint density at radius 1 is 0.583 bits per heavy atom. The third-order valence-electron chi connectivity index (χ3n) is 4.99. The topological polar surface area (TPSA) is 15.8 Å². The molecule has 2 heteroatoms. The van der Waals surface area contributed by atoms with Gasteiger partial charge in [-0.1, -0.05) is 60.7 Å². The molecule has 0 aliphatic heterocycles. The number of aromatic amines is 1. The van der Waals surface area contributed by atoms with Crippen molar-refractivity contribution in [1.82, 2.24) is 4.98 Å². The molecule has 0 aliphatic rings. The minimum absolute atomic E-state index is 1.21. The van der Waals surface area contributed by atoms with E-state index in [0.717, 1.165) is 0 Å². The fraction of sp³-hybridized carbons (Fsp3) is 0. The lowest BCUT2D eigenvalue weighted by Gasteiger charge is -2.03. The Bertz CT molecular complexity index is 1400. The summed E-state index contributed by atoms with van der Waals surface area (Å²) in [5, 5.41) is 8.05. The molecule has 0 saturated heterocycles. The number of aromatic nitrogens is 1. The summed E-state index contributed by atoms with van der Waals surface area (Å²) in [7, 11) is 0. The third kappa shape index (κ3) is 1.44. The van der Waals surface area contributed by atoms with Crippen molar-refractivity contribution in [3.05, 3.63) is 72.8 Å². The molecule has 2 heterocycles. The van der Waals surface area contributed by atoms with Gasteiger partial charge in [0, 0.05) is 41.8 Å². The zero-order chi connectivity index (χ0) is 15.7. The minimum atomic E-state index is 1.21. The third-order valence-corrected chi connectivity index (χ3v) is 6.20. The van der Waals surface area contributed by atoms with Crippen LogP contribution in [0.5, 0.6) is 0 Å². The van der Waals surface area contributed by atoms with Crippen LogP contribution in [0.15, 0.2) is 72.8 Å². The molecule has 0 spiro atoms. The van der Waals surface area contributed by atoms with Gasteiger partial charge in [-0.15, -0.1) is 11.3 Å². The maximum atomic E-state index is 3.70. The molecule has 0 bridgehead atoms. The zero-order valence-corrected chi connectivity index (χ0v) is 13.7. The van der Waals surface area contributed by atoms with E-state index in [0.29, 0.717) is 0 Å². The summed E-state index contributed by atoms with van der Waals surface area (Å²) in [4.78, 5) is 3.70. The maximum absolute atomic E-state index is 3.70. The second-order valence-electron chi connectivity index (χ2n) is 6.27. The average Bonchev–Trinajstić information content (AvgIpc) is 3.20. The molecule has 0 fully saturated rings. The maximum Gasteiger partial charge on any atom is 0.0565 e. The molecular formula is C22H13NS. The summed E-state index contributed by atoms with van der Waals surface area (Å²) >= 11 is 1.90. The van der Waals surface area contributed by atoms with Crippen molar-refractivity contribution in [2.24, 2.45) is 0 Å². The predicted molar refractivity (Wildman–Crippen MR) is 106 cm³/mol. The predicted octanol–water partition coefficient (Wildman–Crippen LogP) is 6.84. The normalized spacial score (nSPS) is 12.2. The molecule has 0 atom stereocenters. The molecule has 0 saturated carbocycles. The Balaban J connectivity index is 2.08. The van der Waals surface area contributed by atoms with E-state index in [4.69, 9.17) is 0 Å². The Labute approximate surface area is 142 Å². The van der Waals surface area contributed by atoms with Gasteiger partial charge in [0.25, 0.3) is 0 Å². The van der Waals surface area contributed by atoms with E-state index in [-0.39, 0.29) is 0 Å². The summed E-state index contributed by atoms with van der Waals surface area (Å²) < 4.78 is 2.73. The number of rotatable bonds is 0. The molecule has 1 N–H and O–H groups in total. The molecule has 0 unspecified atom stereocenters. The number of hydrogen-bond donors (Lipinski definition) is 1. The molecule has 4 aromatic carbocycles. The Morgan fingerprint density at radius 2 is 1.25 bits per heavy atom. The SMILES string of the molecule is c1ccc2c(c1)[nH]c1c2c2ccccc2c2sc3ccccc3c12. The number of nitrogens with one attached hydrogen (secondary N) is 1. The summed E-state index contributed by atoms with van der Waals surface area (Å²) in [5.41, 5.74) is 2.47. The Morgan fingerprint density at radius 3 is 2.12 bits per heavy atom. The molecule has 1 nitrogen and oxygen atoms in total. The van der Waals surface area contributed by atoms with E-state index in [1.165, 1.54) is 52.8 Å². The van der Waals surface area contributed by atoms with Crippen LogP contribution in [0.3, 0.4) is 0 Å². The van der Waals surface area contributed by atoms with Crippen LogP contribution in [-0.4, -0.2) is 4.98 Å². The second kappa shape index (κ2) is 4.37. The Kier molecular flexibility index (Phi) is 2.29. The van der Waals surface area contributed by atoms with Crippen LogP contribution < -0.4 is 0 Å². The van der Waals surface area contributed by atoms with Gasteiger partial charge in [-0.3, -0.25) is 0 Å². The molecule has 0 amide bonds. The molecular weight excluding hydrogens is 310 g/mol. The molecule has 6 aromatic rings. The summed E-state index contributed by atoms with van der Waals surface area (Å²) in [6.45, 7) is 0. The van der Waals surface area contributed by atoms with Gasteiger partial charge in [-0.05, 0) is 17.5 Å². The second-order valence-corrected chi connectivity index (χ2v) is 7.32. The van der Waals surface area contributed by atoms with Crippen molar-refractivity contribution in [3.63, 3.8) is 0 Å². The fourth-order valence-corrected chi connectivity index (χ4v) is 5.24. The molecule has 2 aromatic heterocycles. The average molecular weight is 323 g/mol. The first kappa shape index (κ1) is 12.6. The Hall–Kier alpha value is -2.84. The summed E-state index contributed by atoms with van der Waals surface area (Å²) in [6.07, 6.45) is 0. The van der Waals surface area contributed by atoms with Gasteiger partial charge in [-0.2, -0.15) is 0 Å². The quantitative estimate of drug-likeness (QED) is 0.315. The minimum Gasteiger partial charge on any atom is -0.354 e. The lowest BCUT2D eigenvalue weighted by Crippen LogP contribution is -1.77. The number of fused-ring (bicyclic) bond motifs is 10. The van der Waals surface area contributed by atoms with E-state index < -0.39 is 0 Å². The van der Waals surface area contributed by atoms with Gasteiger partial charge in [-0.25, -0.2) is 0 Å². The van der Waals surface area contributed by atoms with Crippen LogP contribution in [0.25, 0.3) is 52.8 Å². The number of benzene rings is 4. The van der Waals surface area contributed by atoms with Crippen LogP contribution in [0.1, 0.15) is 0 Å². The number of thiophene rings is 1. The summed E-state index contributed by atoms with van der Waals surface area (Å²) in [5.74, 6) is 0. The van der Waals surface area contributed by atoms with Crippen molar-refractivity contribution in [2.75, 3.05) is 0 Å². The van der Waals surface area contributed by atoms with E-state index in [1.807, 2.05) is 11.3 Å². The van der Waals surface area contributed by atoms with Crippen molar-refractivity contribution >= 4 is 64.1 Å². The number of H-pyrrole nitrogens is 1. The highest BCUT2D eigenvalue weighted by Gasteiger charge is 2.16. The smallest absolute Gasteiger partial charge is 0.0565 e. The van der Waals surface area contributed by atoms with Gasteiger partial charge in [0.2, 0.25) is 0 Å². The van der Waals surface area contributed by atoms with Crippen LogP contribution in [0, 0.1) is 0 Å². The highest BCUT2D eigenvalue weighted by molar-refractivity contribution is 7.27. The van der Waals surface area contributed by atoms with Gasteiger partial charge in [0.1, 0.15) is 0 Å². The van der Waals surface area contributed by atoms with E-state index in [9.17, 15) is 0 Å². The largest absolute Gasteiger partial charge is 0.354 e. The van der Waals surface area contributed by atoms with Crippen LogP contribution >= 0.6 is 11.3 Å². The monoisotopic (exact) mass is 323 g/mol. The first-order valence-corrected chi connectivity index (χ1v) is 8.96. The standard InChI is InChI=1S/C22H13NS/c1-2-8-14-13(7-1)19-15-9-3-5-11-17(15)23-21(19)20-16-10-4-6-12-18(16)24-22(14)20/h1-12,23H. The van der Waals surface area contributed by atoms with Gasteiger partial charge < -0.3 is 4.98 Å². The first-order valence-electron chi connectivity index (χ1n) is 8.14. The van der Waals surface area contributed by atoms with Gasteiger partial charge in [0.15, 0.2) is 0 Å². The van der Waals surface area contributed by atoms with Crippen molar-refractivity contribution in [3.8, 4) is 0 Å². The van der Waals surface area contributed by atoms with Crippen molar-refractivity contribution in [2.45, 2.75) is 0 Å². The highest BCUT2D eigenvalue weighted by atomic mass is 32.1. The number of para-hydroxylation sites is 1. The number of hydrogen-bond acceptors (Lipinski definition) is 1. The van der Waals surface area contributed by atoms with E-state index in [2.05, 4.69) is 77.8 Å². The lowest BCUT2D eigenvalue weighted by atomic mass is 10.00. The molecule has 112 valence electrons. The van der Waals surface area contributed by atoms with E-state index >= 15 is 0 Å². The molecule has 0 radical (unpaired) electrons. The zero-order valence-electron chi connectivity index (χ0n) is 12.8. The fourth-order valence-electron chi connectivity index (χ4n) is 3.99. The van der Waals surface area contributed by atoms with Crippen LogP contribution in [0.2, 0.25) is 0 Å².